The van der Waals surface area contributed by atoms with Crippen LogP contribution in [0.15, 0.2) is 12.5 Å². The minimum atomic E-state index is 0.510. The van der Waals surface area contributed by atoms with Crippen LogP contribution in [0, 0.1) is 0 Å². The quantitative estimate of drug-likeness (QED) is 0.715. The van der Waals surface area contributed by atoms with Crippen LogP contribution in [-0.2, 0) is 6.54 Å². The van der Waals surface area contributed by atoms with Gasteiger partial charge < -0.3 is 14.8 Å². The second-order valence-electron chi connectivity index (χ2n) is 5.85. The molecule has 1 aromatic rings. The van der Waals surface area contributed by atoms with Crippen molar-refractivity contribution in [3.63, 3.8) is 0 Å². The van der Waals surface area contributed by atoms with Gasteiger partial charge in [0.15, 0.2) is 0 Å². The Morgan fingerprint density at radius 3 is 2.55 bits per heavy atom. The van der Waals surface area contributed by atoms with Gasteiger partial charge in [0.25, 0.3) is 0 Å². The molecule has 1 heterocycles. The minimum Gasteiger partial charge on any atom is -0.331 e. The van der Waals surface area contributed by atoms with E-state index in [1.54, 1.807) is 0 Å². The molecule has 1 atom stereocenters. The lowest BCUT2D eigenvalue weighted by atomic mass is 10.1. The van der Waals surface area contributed by atoms with Gasteiger partial charge in [0.2, 0.25) is 0 Å². The second kappa shape index (κ2) is 9.14. The fourth-order valence-electron chi connectivity index (χ4n) is 2.46. The second-order valence-corrected chi connectivity index (χ2v) is 5.85. The molecule has 0 saturated heterocycles. The number of nitrogens with zero attached hydrogens (tertiary/aromatic N) is 3. The number of nitrogens with one attached hydrogen (secondary N) is 1. The normalized spacial score (nSPS) is 13.3. The van der Waals surface area contributed by atoms with Crippen LogP contribution in [-0.4, -0.2) is 40.1 Å². The van der Waals surface area contributed by atoms with Crippen molar-refractivity contribution in [1.29, 1.82) is 0 Å². The van der Waals surface area contributed by atoms with Gasteiger partial charge in [0.1, 0.15) is 0 Å². The van der Waals surface area contributed by atoms with Crippen LogP contribution in [0.25, 0.3) is 0 Å². The SMILES string of the molecule is CCN(CC)CCCC(C)n1cncc1CNC(C)C. The third kappa shape index (κ3) is 5.63. The number of imidazole rings is 1. The highest BCUT2D eigenvalue weighted by Gasteiger charge is 2.10. The Balaban J connectivity index is 2.43. The van der Waals surface area contributed by atoms with Crippen LogP contribution in [0.1, 0.15) is 59.2 Å². The number of hydrogen-bond donors (Lipinski definition) is 1. The summed E-state index contributed by atoms with van der Waals surface area (Å²) in [6.07, 6.45) is 6.41. The molecule has 0 aliphatic carbocycles. The molecule has 1 aromatic heterocycles. The first-order chi connectivity index (χ1) is 9.58. The molecule has 0 saturated carbocycles. The minimum absolute atomic E-state index is 0.510. The molecule has 4 nitrogen and oxygen atoms in total. The van der Waals surface area contributed by atoms with Crippen LogP contribution >= 0.6 is 0 Å². The first kappa shape index (κ1) is 17.2. The van der Waals surface area contributed by atoms with E-state index in [1.165, 1.54) is 25.1 Å². The molecule has 0 aromatic carbocycles. The Morgan fingerprint density at radius 1 is 1.25 bits per heavy atom. The summed E-state index contributed by atoms with van der Waals surface area (Å²) >= 11 is 0. The molecule has 1 unspecified atom stereocenters. The van der Waals surface area contributed by atoms with Crippen molar-refractivity contribution in [3.05, 3.63) is 18.2 Å². The van der Waals surface area contributed by atoms with Gasteiger partial charge >= 0.3 is 0 Å². The smallest absolute Gasteiger partial charge is 0.0951 e. The molecular weight excluding hydrogens is 248 g/mol. The molecular formula is C16H32N4. The lowest BCUT2D eigenvalue weighted by Crippen LogP contribution is -2.25. The number of rotatable bonds is 10. The molecule has 0 radical (unpaired) electrons. The summed E-state index contributed by atoms with van der Waals surface area (Å²) in [6.45, 7) is 15.5. The average Bonchev–Trinajstić information content (AvgIpc) is 2.89. The lowest BCUT2D eigenvalue weighted by Gasteiger charge is -2.21. The number of aromatic nitrogens is 2. The van der Waals surface area contributed by atoms with Gasteiger partial charge in [-0.3, -0.25) is 0 Å². The van der Waals surface area contributed by atoms with Crippen LogP contribution in [0.4, 0.5) is 0 Å². The van der Waals surface area contributed by atoms with Crippen molar-refractivity contribution in [2.75, 3.05) is 19.6 Å². The monoisotopic (exact) mass is 280 g/mol. The first-order valence-corrected chi connectivity index (χ1v) is 8.04. The summed E-state index contributed by atoms with van der Waals surface area (Å²) in [5.41, 5.74) is 1.29. The van der Waals surface area contributed by atoms with Crippen molar-refractivity contribution >= 4 is 0 Å². The van der Waals surface area contributed by atoms with E-state index in [-0.39, 0.29) is 0 Å². The van der Waals surface area contributed by atoms with Gasteiger partial charge in [0.05, 0.1) is 12.0 Å². The van der Waals surface area contributed by atoms with Crippen LogP contribution in [0.3, 0.4) is 0 Å². The first-order valence-electron chi connectivity index (χ1n) is 8.04. The van der Waals surface area contributed by atoms with E-state index in [2.05, 4.69) is 54.4 Å². The van der Waals surface area contributed by atoms with Crippen molar-refractivity contribution in [1.82, 2.24) is 19.8 Å². The summed E-state index contributed by atoms with van der Waals surface area (Å²) in [6, 6.07) is 1.04. The zero-order valence-electron chi connectivity index (χ0n) is 13.9. The molecule has 116 valence electrons. The maximum atomic E-state index is 4.31. The molecule has 20 heavy (non-hydrogen) atoms. The van der Waals surface area contributed by atoms with E-state index in [4.69, 9.17) is 0 Å². The van der Waals surface area contributed by atoms with E-state index >= 15 is 0 Å². The Bertz CT molecular complexity index is 355. The molecule has 4 heteroatoms. The predicted octanol–water partition coefficient (Wildman–Crippen LogP) is 3.06. The molecule has 0 aliphatic rings. The van der Waals surface area contributed by atoms with E-state index in [0.29, 0.717) is 12.1 Å². The Kier molecular flexibility index (Phi) is 7.85. The van der Waals surface area contributed by atoms with Gasteiger partial charge in [0, 0.05) is 24.8 Å². The Hall–Kier alpha value is -0.870. The number of hydrogen-bond acceptors (Lipinski definition) is 3. The van der Waals surface area contributed by atoms with Gasteiger partial charge in [-0.15, -0.1) is 0 Å². The Labute approximate surface area is 124 Å². The van der Waals surface area contributed by atoms with E-state index in [9.17, 15) is 0 Å². The topological polar surface area (TPSA) is 33.1 Å². The maximum absolute atomic E-state index is 4.31. The molecule has 0 amide bonds. The van der Waals surface area contributed by atoms with E-state index in [0.717, 1.165) is 19.6 Å². The van der Waals surface area contributed by atoms with Crippen LogP contribution in [0.2, 0.25) is 0 Å². The molecule has 0 spiro atoms. The summed E-state index contributed by atoms with van der Waals surface area (Å²) < 4.78 is 2.32. The highest BCUT2D eigenvalue weighted by atomic mass is 15.1. The molecule has 0 fully saturated rings. The fourth-order valence-corrected chi connectivity index (χ4v) is 2.46. The van der Waals surface area contributed by atoms with Gasteiger partial charge in [-0.1, -0.05) is 27.7 Å². The molecule has 1 rings (SSSR count). The predicted molar refractivity (Wildman–Crippen MR) is 85.9 cm³/mol. The van der Waals surface area contributed by atoms with Gasteiger partial charge in [-0.05, 0) is 39.4 Å². The molecule has 1 N–H and O–H groups in total. The van der Waals surface area contributed by atoms with E-state index in [1.807, 2.05) is 12.5 Å². The Morgan fingerprint density at radius 2 is 1.95 bits per heavy atom. The summed E-state index contributed by atoms with van der Waals surface area (Å²) in [7, 11) is 0. The highest BCUT2D eigenvalue weighted by Crippen LogP contribution is 2.16. The van der Waals surface area contributed by atoms with Gasteiger partial charge in [-0.2, -0.15) is 0 Å². The average molecular weight is 280 g/mol. The summed E-state index contributed by atoms with van der Waals surface area (Å²) in [5, 5.41) is 3.47. The largest absolute Gasteiger partial charge is 0.331 e. The maximum Gasteiger partial charge on any atom is 0.0951 e. The van der Waals surface area contributed by atoms with E-state index < -0.39 is 0 Å². The molecule has 0 bridgehead atoms. The van der Waals surface area contributed by atoms with Crippen LogP contribution < -0.4 is 5.32 Å². The van der Waals surface area contributed by atoms with Crippen molar-refractivity contribution in [2.45, 2.75) is 66.1 Å². The standard InChI is InChI=1S/C16H32N4/c1-6-19(7-2)10-8-9-15(5)20-13-17-11-16(20)12-18-14(3)4/h11,13-15,18H,6-10,12H2,1-5H3. The molecule has 0 aliphatic heterocycles. The van der Waals surface area contributed by atoms with Crippen molar-refractivity contribution < 1.29 is 0 Å². The zero-order chi connectivity index (χ0) is 15.0. The summed E-state index contributed by atoms with van der Waals surface area (Å²) in [4.78, 5) is 6.80. The highest BCUT2D eigenvalue weighted by molar-refractivity contribution is 5.00. The zero-order valence-corrected chi connectivity index (χ0v) is 13.9. The van der Waals surface area contributed by atoms with Gasteiger partial charge in [-0.25, -0.2) is 4.98 Å². The van der Waals surface area contributed by atoms with Crippen molar-refractivity contribution in [2.24, 2.45) is 0 Å². The third-order valence-electron chi connectivity index (χ3n) is 3.90. The third-order valence-corrected chi connectivity index (χ3v) is 3.90. The summed E-state index contributed by atoms with van der Waals surface area (Å²) in [5.74, 6) is 0. The van der Waals surface area contributed by atoms with Crippen LogP contribution in [0.5, 0.6) is 0 Å². The van der Waals surface area contributed by atoms with Crippen molar-refractivity contribution in [3.8, 4) is 0 Å². The fraction of sp³-hybridized carbons (Fsp3) is 0.812. The lowest BCUT2D eigenvalue weighted by molar-refractivity contribution is 0.287.